The fraction of sp³-hybridized carbons (Fsp3) is 0.357. The quantitative estimate of drug-likeness (QED) is 0.629. The Bertz CT molecular complexity index is 433. The Balaban J connectivity index is 2.58. The van der Waals surface area contributed by atoms with Gasteiger partial charge in [0.1, 0.15) is 5.75 Å². The summed E-state index contributed by atoms with van der Waals surface area (Å²) in [7, 11) is 0. The average molecular weight is 234 g/mol. The number of carboxylic acids is 1. The summed E-state index contributed by atoms with van der Waals surface area (Å²) in [5.74, 6) is -0.0124. The van der Waals surface area contributed by atoms with Crippen LogP contribution in [0.5, 0.6) is 5.75 Å². The Labute approximate surface area is 102 Å². The van der Waals surface area contributed by atoms with Gasteiger partial charge in [-0.1, -0.05) is 18.2 Å². The van der Waals surface area contributed by atoms with Crippen molar-refractivity contribution in [1.82, 2.24) is 0 Å². The lowest BCUT2D eigenvalue weighted by molar-refractivity contribution is -0.131. The highest BCUT2D eigenvalue weighted by Gasteiger charge is 2.05. The van der Waals surface area contributed by atoms with Crippen LogP contribution in [0.4, 0.5) is 0 Å². The maximum atomic E-state index is 10.3. The third kappa shape index (κ3) is 3.94. The lowest BCUT2D eigenvalue weighted by Gasteiger charge is -2.13. The van der Waals surface area contributed by atoms with Gasteiger partial charge in [0.15, 0.2) is 0 Å². The van der Waals surface area contributed by atoms with Crippen molar-refractivity contribution in [3.63, 3.8) is 0 Å². The van der Waals surface area contributed by atoms with Crippen molar-refractivity contribution < 1.29 is 14.6 Å². The first-order chi connectivity index (χ1) is 8.02. The van der Waals surface area contributed by atoms with Crippen LogP contribution in [0.3, 0.4) is 0 Å². The van der Waals surface area contributed by atoms with Crippen molar-refractivity contribution in [2.24, 2.45) is 0 Å². The van der Waals surface area contributed by atoms with Gasteiger partial charge >= 0.3 is 5.97 Å². The number of aryl methyl sites for hydroxylation is 2. The number of ether oxygens (including phenoxy) is 1. The first-order valence-corrected chi connectivity index (χ1v) is 5.61. The fourth-order valence-electron chi connectivity index (χ4n) is 1.56. The summed E-state index contributed by atoms with van der Waals surface area (Å²) in [6, 6.07) is 4.10. The Morgan fingerprint density at radius 1 is 1.29 bits per heavy atom. The Morgan fingerprint density at radius 2 is 1.94 bits per heavy atom. The minimum atomic E-state index is -0.923. The Morgan fingerprint density at radius 3 is 2.59 bits per heavy atom. The molecule has 0 aromatic heterocycles. The second-order valence-corrected chi connectivity index (χ2v) is 4.03. The van der Waals surface area contributed by atoms with Crippen LogP contribution in [0.25, 0.3) is 0 Å². The van der Waals surface area contributed by atoms with Crippen LogP contribution in [-0.4, -0.2) is 17.7 Å². The average Bonchev–Trinajstić information content (AvgIpc) is 2.27. The summed E-state index contributed by atoms with van der Waals surface area (Å²) in [5, 5.41) is 8.43. The fourth-order valence-corrected chi connectivity index (χ4v) is 1.56. The minimum Gasteiger partial charge on any atom is -0.493 e. The molecule has 0 atom stereocenters. The van der Waals surface area contributed by atoms with Gasteiger partial charge < -0.3 is 9.84 Å². The van der Waals surface area contributed by atoms with Crippen molar-refractivity contribution in [1.29, 1.82) is 0 Å². The standard InChI is InChI=1S/C14H18O3/c1-10-7-8-11(2)14(12(10)3)17-9-5-4-6-13(15)16/h4,6-8H,5,9H2,1-3H3,(H,15,16)/b6-4+. The molecule has 1 rings (SSSR count). The number of benzene rings is 1. The number of hydrogen-bond donors (Lipinski definition) is 1. The van der Waals surface area contributed by atoms with Gasteiger partial charge in [-0.25, -0.2) is 4.79 Å². The number of hydrogen-bond acceptors (Lipinski definition) is 2. The molecule has 0 spiro atoms. The molecule has 0 radical (unpaired) electrons. The molecule has 0 heterocycles. The second kappa shape index (κ2) is 6.09. The van der Waals surface area contributed by atoms with E-state index in [-0.39, 0.29) is 0 Å². The molecule has 3 nitrogen and oxygen atoms in total. The van der Waals surface area contributed by atoms with Crippen LogP contribution in [0.1, 0.15) is 23.1 Å². The van der Waals surface area contributed by atoms with Gasteiger partial charge in [0.2, 0.25) is 0 Å². The van der Waals surface area contributed by atoms with Gasteiger partial charge in [-0.2, -0.15) is 0 Å². The van der Waals surface area contributed by atoms with Gasteiger partial charge in [-0.05, 0) is 43.9 Å². The van der Waals surface area contributed by atoms with Crippen molar-refractivity contribution in [3.05, 3.63) is 41.0 Å². The number of rotatable bonds is 5. The molecule has 0 aliphatic heterocycles. The van der Waals surface area contributed by atoms with Crippen molar-refractivity contribution in [3.8, 4) is 5.75 Å². The molecule has 0 fully saturated rings. The summed E-state index contributed by atoms with van der Waals surface area (Å²) in [5.41, 5.74) is 3.45. The molecule has 0 aliphatic rings. The van der Waals surface area contributed by atoms with Crippen molar-refractivity contribution >= 4 is 5.97 Å². The van der Waals surface area contributed by atoms with Crippen LogP contribution >= 0.6 is 0 Å². The second-order valence-electron chi connectivity index (χ2n) is 4.03. The van der Waals surface area contributed by atoms with E-state index in [0.29, 0.717) is 13.0 Å². The van der Waals surface area contributed by atoms with Crippen LogP contribution in [0.2, 0.25) is 0 Å². The van der Waals surface area contributed by atoms with Gasteiger partial charge in [-0.15, -0.1) is 0 Å². The van der Waals surface area contributed by atoms with Crippen LogP contribution in [-0.2, 0) is 4.79 Å². The topological polar surface area (TPSA) is 46.5 Å². The zero-order valence-corrected chi connectivity index (χ0v) is 10.5. The van der Waals surface area contributed by atoms with E-state index >= 15 is 0 Å². The molecule has 17 heavy (non-hydrogen) atoms. The third-order valence-corrected chi connectivity index (χ3v) is 2.66. The highest BCUT2D eigenvalue weighted by atomic mass is 16.5. The summed E-state index contributed by atoms with van der Waals surface area (Å²) in [6.45, 7) is 6.58. The van der Waals surface area contributed by atoms with E-state index in [4.69, 9.17) is 9.84 Å². The monoisotopic (exact) mass is 234 g/mol. The van der Waals surface area contributed by atoms with Crippen LogP contribution in [0.15, 0.2) is 24.3 Å². The lowest BCUT2D eigenvalue weighted by atomic mass is 10.1. The lowest BCUT2D eigenvalue weighted by Crippen LogP contribution is -2.01. The van der Waals surface area contributed by atoms with E-state index in [1.807, 2.05) is 26.8 Å². The molecule has 0 saturated carbocycles. The predicted molar refractivity (Wildman–Crippen MR) is 67.5 cm³/mol. The van der Waals surface area contributed by atoms with Crippen LogP contribution < -0.4 is 4.74 Å². The SMILES string of the molecule is Cc1ccc(C)c(OCC/C=C/C(=O)O)c1C. The summed E-state index contributed by atoms with van der Waals surface area (Å²) in [6.07, 6.45) is 3.33. The van der Waals surface area contributed by atoms with E-state index in [2.05, 4.69) is 6.07 Å². The largest absolute Gasteiger partial charge is 0.493 e. The van der Waals surface area contributed by atoms with Gasteiger partial charge in [0.05, 0.1) is 6.61 Å². The molecule has 1 aromatic rings. The maximum absolute atomic E-state index is 10.3. The molecule has 0 bridgehead atoms. The van der Waals surface area contributed by atoms with Gasteiger partial charge in [-0.3, -0.25) is 0 Å². The molecule has 3 heteroatoms. The first kappa shape index (κ1) is 13.3. The number of carboxylic acid groups (broad SMARTS) is 1. The van der Waals surface area contributed by atoms with Crippen molar-refractivity contribution in [2.75, 3.05) is 6.61 Å². The van der Waals surface area contributed by atoms with E-state index in [1.54, 1.807) is 6.08 Å². The molecular formula is C14H18O3. The number of aliphatic carboxylic acids is 1. The highest BCUT2D eigenvalue weighted by molar-refractivity contribution is 5.79. The predicted octanol–water partition coefficient (Wildman–Crippen LogP) is 3.02. The molecular weight excluding hydrogens is 216 g/mol. The summed E-state index contributed by atoms with van der Waals surface area (Å²) >= 11 is 0. The minimum absolute atomic E-state index is 0.495. The van der Waals surface area contributed by atoms with E-state index in [0.717, 1.165) is 23.0 Å². The van der Waals surface area contributed by atoms with Gasteiger partial charge in [0, 0.05) is 6.08 Å². The van der Waals surface area contributed by atoms with Crippen LogP contribution in [0, 0.1) is 20.8 Å². The molecule has 0 aliphatic carbocycles. The summed E-state index contributed by atoms with van der Waals surface area (Å²) < 4.78 is 5.69. The molecule has 0 unspecified atom stereocenters. The smallest absolute Gasteiger partial charge is 0.327 e. The third-order valence-electron chi connectivity index (χ3n) is 2.66. The highest BCUT2D eigenvalue weighted by Crippen LogP contribution is 2.25. The first-order valence-electron chi connectivity index (χ1n) is 5.61. The van der Waals surface area contributed by atoms with E-state index in [1.165, 1.54) is 5.56 Å². The zero-order valence-electron chi connectivity index (χ0n) is 10.5. The molecule has 1 N–H and O–H groups in total. The zero-order chi connectivity index (χ0) is 12.8. The normalized spacial score (nSPS) is 10.8. The molecule has 0 amide bonds. The Kier molecular flexibility index (Phi) is 4.76. The van der Waals surface area contributed by atoms with Gasteiger partial charge in [0.25, 0.3) is 0 Å². The molecule has 92 valence electrons. The van der Waals surface area contributed by atoms with E-state index < -0.39 is 5.97 Å². The van der Waals surface area contributed by atoms with Crippen molar-refractivity contribution in [2.45, 2.75) is 27.2 Å². The Hall–Kier alpha value is -1.77. The summed E-state index contributed by atoms with van der Waals surface area (Å²) in [4.78, 5) is 10.3. The molecule has 1 aromatic carbocycles. The van der Waals surface area contributed by atoms with E-state index in [9.17, 15) is 4.79 Å². The molecule has 0 saturated heterocycles. The number of carbonyl (C=O) groups is 1. The maximum Gasteiger partial charge on any atom is 0.327 e.